The van der Waals surface area contributed by atoms with Crippen LogP contribution >= 0.6 is 0 Å². The molecule has 1 fully saturated rings. The van der Waals surface area contributed by atoms with Gasteiger partial charge >= 0.3 is 16.8 Å². The van der Waals surface area contributed by atoms with Crippen molar-refractivity contribution in [3.05, 3.63) is 0 Å². The van der Waals surface area contributed by atoms with Gasteiger partial charge in [-0.2, -0.15) is 0 Å². The summed E-state index contributed by atoms with van der Waals surface area (Å²) in [5, 5.41) is 19.0. The molecule has 0 aromatic rings. The summed E-state index contributed by atoms with van der Waals surface area (Å²) >= 11 is 0. The summed E-state index contributed by atoms with van der Waals surface area (Å²) in [6.07, 6.45) is 10.7. The van der Waals surface area contributed by atoms with E-state index in [4.69, 9.17) is 0 Å². The molecule has 1 rings (SSSR count). The molecule has 0 heterocycles. The monoisotopic (exact) mass is 317 g/mol. The van der Waals surface area contributed by atoms with E-state index in [1.165, 1.54) is 38.5 Å². The fourth-order valence-corrected chi connectivity index (χ4v) is 1.47. The molecule has 1 aliphatic carbocycles. The van der Waals surface area contributed by atoms with Crippen molar-refractivity contribution in [2.24, 2.45) is 0 Å². The van der Waals surface area contributed by atoms with E-state index in [9.17, 15) is 19.8 Å². The van der Waals surface area contributed by atoms with Crippen LogP contribution in [0, 0.1) is 0 Å². The second-order valence-electron chi connectivity index (χ2n) is 4.37. The van der Waals surface area contributed by atoms with Crippen LogP contribution in [-0.4, -0.2) is 11.9 Å². The Morgan fingerprint density at radius 3 is 1.00 bits per heavy atom. The molecular formula is C14H26CoO4. The van der Waals surface area contributed by atoms with Gasteiger partial charge in [0.2, 0.25) is 0 Å². The Morgan fingerprint density at radius 1 is 0.737 bits per heavy atom. The summed E-state index contributed by atoms with van der Waals surface area (Å²) in [5.74, 6) is -1.92. The largest absolute Gasteiger partial charge is 2.00 e. The van der Waals surface area contributed by atoms with Crippen LogP contribution in [0.2, 0.25) is 0 Å². The third-order valence-corrected chi connectivity index (χ3v) is 2.41. The Labute approximate surface area is 127 Å². The fourth-order valence-electron chi connectivity index (χ4n) is 1.47. The van der Waals surface area contributed by atoms with Crippen LogP contribution < -0.4 is 10.2 Å². The summed E-state index contributed by atoms with van der Waals surface area (Å²) in [6, 6.07) is 0. The van der Waals surface area contributed by atoms with E-state index in [0.29, 0.717) is 12.8 Å². The quantitative estimate of drug-likeness (QED) is 0.785. The predicted octanol–water partition coefficient (Wildman–Crippen LogP) is 1.41. The van der Waals surface area contributed by atoms with E-state index in [1.54, 1.807) is 13.8 Å². The number of carbonyl (C=O) groups excluding carboxylic acids is 2. The number of aliphatic carboxylic acids is 2. The molecule has 115 valence electrons. The first-order valence-electron chi connectivity index (χ1n) is 6.94. The maximum atomic E-state index is 9.49. The number of rotatable bonds is 4. The summed E-state index contributed by atoms with van der Waals surface area (Å²) in [6.45, 7) is 3.60. The van der Waals surface area contributed by atoms with Gasteiger partial charge in [0.25, 0.3) is 0 Å². The average molecular weight is 317 g/mol. The molecule has 1 radical (unpaired) electrons. The van der Waals surface area contributed by atoms with Crippen LogP contribution in [0.3, 0.4) is 0 Å². The van der Waals surface area contributed by atoms with Gasteiger partial charge in [-0.25, -0.2) is 0 Å². The molecule has 1 saturated carbocycles. The molecule has 0 spiro atoms. The van der Waals surface area contributed by atoms with Crippen molar-refractivity contribution in [1.82, 2.24) is 0 Å². The zero-order valence-electron chi connectivity index (χ0n) is 12.0. The molecule has 0 bridgehead atoms. The van der Waals surface area contributed by atoms with E-state index in [1.807, 2.05) is 0 Å². The summed E-state index contributed by atoms with van der Waals surface area (Å²) in [5.41, 5.74) is 0. The molecule has 4 nitrogen and oxygen atoms in total. The first-order valence-corrected chi connectivity index (χ1v) is 6.94. The Balaban J connectivity index is -0.000000197. The summed E-state index contributed by atoms with van der Waals surface area (Å²) < 4.78 is 0. The topological polar surface area (TPSA) is 80.3 Å². The second-order valence-corrected chi connectivity index (χ2v) is 4.37. The van der Waals surface area contributed by atoms with Gasteiger partial charge in [0.15, 0.2) is 0 Å². The maximum absolute atomic E-state index is 9.49. The Kier molecular flexibility index (Phi) is 24.5. The fraction of sp³-hybridized carbons (Fsp3) is 0.857. The Hall–Kier alpha value is -0.554. The molecule has 0 amide bonds. The number of carbonyl (C=O) groups is 2. The van der Waals surface area contributed by atoms with Gasteiger partial charge in [-0.3, -0.25) is 0 Å². The minimum absolute atomic E-state index is 0. The van der Waals surface area contributed by atoms with Gasteiger partial charge in [-0.1, -0.05) is 65.2 Å². The Morgan fingerprint density at radius 2 is 0.947 bits per heavy atom. The van der Waals surface area contributed by atoms with E-state index in [2.05, 4.69) is 0 Å². The molecule has 0 aliphatic heterocycles. The minimum Gasteiger partial charge on any atom is -0.550 e. The zero-order chi connectivity index (χ0) is 14.2. The van der Waals surface area contributed by atoms with Crippen molar-refractivity contribution in [2.45, 2.75) is 78.1 Å². The van der Waals surface area contributed by atoms with Crippen LogP contribution in [0.5, 0.6) is 0 Å². The first kappa shape index (κ1) is 23.5. The van der Waals surface area contributed by atoms with Crippen molar-refractivity contribution >= 4 is 11.9 Å². The first-order chi connectivity index (χ1) is 8.54. The van der Waals surface area contributed by atoms with Crippen molar-refractivity contribution in [2.75, 3.05) is 0 Å². The molecular weight excluding hydrogens is 291 g/mol. The van der Waals surface area contributed by atoms with Crippen molar-refractivity contribution in [3.63, 3.8) is 0 Å². The molecule has 19 heavy (non-hydrogen) atoms. The van der Waals surface area contributed by atoms with Crippen LogP contribution in [0.1, 0.15) is 78.1 Å². The molecule has 5 heteroatoms. The van der Waals surface area contributed by atoms with E-state index >= 15 is 0 Å². The van der Waals surface area contributed by atoms with Gasteiger partial charge in [0.05, 0.1) is 0 Å². The van der Waals surface area contributed by atoms with E-state index in [-0.39, 0.29) is 29.6 Å². The summed E-state index contributed by atoms with van der Waals surface area (Å²) in [4.78, 5) is 19.0. The average Bonchev–Trinajstić information content (AvgIpc) is 2.32. The van der Waals surface area contributed by atoms with Crippen LogP contribution in [-0.2, 0) is 26.4 Å². The minimum atomic E-state index is -0.961. The second kappa shape index (κ2) is 19.8. The predicted molar refractivity (Wildman–Crippen MR) is 67.5 cm³/mol. The molecule has 0 aromatic heterocycles. The van der Waals surface area contributed by atoms with Gasteiger partial charge in [-0.15, -0.1) is 0 Å². The molecule has 0 aromatic carbocycles. The zero-order valence-corrected chi connectivity index (χ0v) is 13.1. The van der Waals surface area contributed by atoms with Crippen molar-refractivity contribution in [1.29, 1.82) is 0 Å². The molecule has 1 aliphatic rings. The smallest absolute Gasteiger partial charge is 0.550 e. The van der Waals surface area contributed by atoms with Crippen molar-refractivity contribution in [3.8, 4) is 0 Å². The molecule has 0 saturated heterocycles. The number of carboxylic acid groups (broad SMARTS) is 2. The van der Waals surface area contributed by atoms with Gasteiger partial charge in [0.1, 0.15) is 0 Å². The third kappa shape index (κ3) is 31.8. The van der Waals surface area contributed by atoms with Crippen LogP contribution in [0.4, 0.5) is 0 Å². The Bertz CT molecular complexity index is 176. The standard InChI is InChI=1S/C6H12.2C4H8O2.Co/c1-2-4-6-5-3-1;2*1-2-3-4(5)6;/h1-6H2;2*2-3H2,1H3,(H,5,6);/q;;;+2/p-2. The van der Waals surface area contributed by atoms with Gasteiger partial charge < -0.3 is 19.8 Å². The maximum Gasteiger partial charge on any atom is 2.00 e. The number of hydrogen-bond acceptors (Lipinski definition) is 4. The normalized spacial score (nSPS) is 12.7. The van der Waals surface area contributed by atoms with E-state index in [0.717, 1.165) is 0 Å². The van der Waals surface area contributed by atoms with Gasteiger partial charge in [-0.05, 0) is 12.8 Å². The third-order valence-electron chi connectivity index (χ3n) is 2.41. The molecule has 0 atom stereocenters. The molecule has 0 N–H and O–H groups in total. The SMILES string of the molecule is C1CCCCC1.CCCC(=O)[O-].CCCC(=O)[O-].[Co+2]. The molecule has 0 unspecified atom stereocenters. The van der Waals surface area contributed by atoms with Crippen molar-refractivity contribution < 1.29 is 36.6 Å². The number of hydrogen-bond donors (Lipinski definition) is 0. The van der Waals surface area contributed by atoms with Crippen LogP contribution in [0.15, 0.2) is 0 Å². The number of carboxylic acids is 2. The van der Waals surface area contributed by atoms with E-state index < -0.39 is 11.9 Å². The van der Waals surface area contributed by atoms with Gasteiger partial charge in [0, 0.05) is 11.9 Å². The summed E-state index contributed by atoms with van der Waals surface area (Å²) in [7, 11) is 0. The van der Waals surface area contributed by atoms with Crippen LogP contribution in [0.25, 0.3) is 0 Å².